The molecule has 3 N–H and O–H groups in total. The average Bonchev–Trinajstić information content (AvgIpc) is 2.41. The normalized spacial score (nSPS) is 13.4. The molecule has 0 aliphatic heterocycles. The van der Waals surface area contributed by atoms with Gasteiger partial charge in [-0.15, -0.1) is 0 Å². The van der Waals surface area contributed by atoms with E-state index in [0.717, 1.165) is 0 Å². The van der Waals surface area contributed by atoms with E-state index in [1.807, 2.05) is 6.92 Å². The van der Waals surface area contributed by atoms with Gasteiger partial charge in [-0.25, -0.2) is 4.39 Å². The summed E-state index contributed by atoms with van der Waals surface area (Å²) in [5, 5.41) is 11.4. The fourth-order valence-corrected chi connectivity index (χ4v) is 1.94. The second-order valence-electron chi connectivity index (χ2n) is 3.81. The molecule has 5 nitrogen and oxygen atoms in total. The minimum atomic E-state index is -0.604. The summed E-state index contributed by atoms with van der Waals surface area (Å²) in [5.41, 5.74) is 5.68. The molecule has 0 fully saturated rings. The number of nitrogens with two attached hydrogens (primary N) is 1. The van der Waals surface area contributed by atoms with Gasteiger partial charge in [-0.1, -0.05) is 5.16 Å². The first-order valence-corrected chi connectivity index (χ1v) is 6.50. The second-order valence-corrected chi connectivity index (χ2v) is 4.61. The highest BCUT2D eigenvalue weighted by atomic mass is 79.9. The van der Waals surface area contributed by atoms with Crippen LogP contribution in [0.15, 0.2) is 21.8 Å². The number of oxime groups is 1. The van der Waals surface area contributed by atoms with Crippen LogP contribution >= 0.6 is 15.9 Å². The zero-order valence-electron chi connectivity index (χ0n) is 10.7. The SMILES string of the molecule is CCOCC(C)Oc1ccc(/C(N)=N/O)c(Br)c1F. The summed E-state index contributed by atoms with van der Waals surface area (Å²) < 4.78 is 24.7. The third kappa shape index (κ3) is 4.07. The van der Waals surface area contributed by atoms with Crippen LogP contribution in [0.3, 0.4) is 0 Å². The maximum atomic E-state index is 14.0. The Bertz CT molecular complexity index is 469. The van der Waals surface area contributed by atoms with E-state index in [9.17, 15) is 4.39 Å². The van der Waals surface area contributed by atoms with Crippen LogP contribution in [0.5, 0.6) is 5.75 Å². The third-order valence-corrected chi connectivity index (χ3v) is 3.09. The summed E-state index contributed by atoms with van der Waals surface area (Å²) in [4.78, 5) is 0. The van der Waals surface area contributed by atoms with Crippen LogP contribution in [0, 0.1) is 5.82 Å². The van der Waals surface area contributed by atoms with Gasteiger partial charge in [-0.05, 0) is 41.9 Å². The molecule has 0 radical (unpaired) electrons. The first-order chi connectivity index (χ1) is 9.01. The van der Waals surface area contributed by atoms with Crippen molar-refractivity contribution in [3.8, 4) is 5.75 Å². The third-order valence-electron chi connectivity index (χ3n) is 2.32. The van der Waals surface area contributed by atoms with Crippen molar-refractivity contribution < 1.29 is 19.1 Å². The predicted octanol–water partition coefficient (Wildman–Crippen LogP) is 2.49. The lowest BCUT2D eigenvalue weighted by Gasteiger charge is -2.16. The maximum Gasteiger partial charge on any atom is 0.179 e. The van der Waals surface area contributed by atoms with Gasteiger partial charge in [0.1, 0.15) is 6.10 Å². The summed E-state index contributed by atoms with van der Waals surface area (Å²) in [6.45, 7) is 4.59. The first-order valence-electron chi connectivity index (χ1n) is 5.71. The van der Waals surface area contributed by atoms with Crippen LogP contribution in [-0.4, -0.2) is 30.4 Å². The van der Waals surface area contributed by atoms with Crippen molar-refractivity contribution >= 4 is 21.8 Å². The molecule has 0 spiro atoms. The number of rotatable bonds is 6. The molecule has 0 aliphatic carbocycles. The molecule has 1 rings (SSSR count). The van der Waals surface area contributed by atoms with E-state index in [4.69, 9.17) is 20.4 Å². The molecule has 106 valence electrons. The van der Waals surface area contributed by atoms with Gasteiger partial charge < -0.3 is 20.4 Å². The topological polar surface area (TPSA) is 77.1 Å². The zero-order valence-corrected chi connectivity index (χ0v) is 12.3. The summed E-state index contributed by atoms with van der Waals surface area (Å²) >= 11 is 3.06. The van der Waals surface area contributed by atoms with Gasteiger partial charge in [-0.3, -0.25) is 0 Å². The molecule has 0 saturated carbocycles. The van der Waals surface area contributed by atoms with Crippen LogP contribution < -0.4 is 10.5 Å². The molecule has 0 amide bonds. The van der Waals surface area contributed by atoms with Gasteiger partial charge in [0.15, 0.2) is 17.4 Å². The smallest absolute Gasteiger partial charge is 0.179 e. The molecule has 0 aliphatic rings. The van der Waals surface area contributed by atoms with Crippen molar-refractivity contribution in [1.82, 2.24) is 0 Å². The van der Waals surface area contributed by atoms with Crippen LogP contribution in [0.4, 0.5) is 4.39 Å². The van der Waals surface area contributed by atoms with E-state index < -0.39 is 5.82 Å². The van der Waals surface area contributed by atoms with E-state index in [1.165, 1.54) is 12.1 Å². The molecular weight excluding hydrogens is 319 g/mol. The number of halogens is 2. The molecule has 1 aromatic rings. The Hall–Kier alpha value is -1.34. The molecule has 19 heavy (non-hydrogen) atoms. The fraction of sp³-hybridized carbons (Fsp3) is 0.417. The predicted molar refractivity (Wildman–Crippen MR) is 73.2 cm³/mol. The Labute approximate surface area is 119 Å². The lowest BCUT2D eigenvalue weighted by molar-refractivity contribution is 0.0636. The van der Waals surface area contributed by atoms with Crippen molar-refractivity contribution in [3.05, 3.63) is 28.0 Å². The van der Waals surface area contributed by atoms with Crippen LogP contribution in [0.1, 0.15) is 19.4 Å². The average molecular weight is 335 g/mol. The maximum absolute atomic E-state index is 14.0. The van der Waals surface area contributed by atoms with E-state index in [1.54, 1.807) is 6.92 Å². The number of hydrogen-bond donors (Lipinski definition) is 2. The molecule has 7 heteroatoms. The fourth-order valence-electron chi connectivity index (χ4n) is 1.41. The van der Waals surface area contributed by atoms with E-state index in [0.29, 0.717) is 13.2 Å². The van der Waals surface area contributed by atoms with Crippen molar-refractivity contribution in [2.75, 3.05) is 13.2 Å². The Morgan fingerprint density at radius 2 is 2.26 bits per heavy atom. The highest BCUT2D eigenvalue weighted by molar-refractivity contribution is 9.10. The highest BCUT2D eigenvalue weighted by Crippen LogP contribution is 2.29. The minimum absolute atomic E-state index is 0.0774. The van der Waals surface area contributed by atoms with E-state index in [2.05, 4.69) is 21.1 Å². The zero-order chi connectivity index (χ0) is 14.4. The van der Waals surface area contributed by atoms with Crippen molar-refractivity contribution in [3.63, 3.8) is 0 Å². The second kappa shape index (κ2) is 7.30. The van der Waals surface area contributed by atoms with Crippen LogP contribution in [-0.2, 0) is 4.74 Å². The van der Waals surface area contributed by atoms with Gasteiger partial charge in [0.2, 0.25) is 0 Å². The Balaban J connectivity index is 2.90. The molecule has 0 aromatic heterocycles. The number of amidine groups is 1. The molecule has 1 aromatic carbocycles. The standard InChI is InChI=1S/C12H16BrFN2O3/c1-3-18-6-7(2)19-9-5-4-8(12(15)16-17)10(13)11(9)14/h4-5,7,17H,3,6H2,1-2H3,(H2,15,16). The van der Waals surface area contributed by atoms with Gasteiger partial charge in [0.25, 0.3) is 0 Å². The first kappa shape index (κ1) is 15.7. The van der Waals surface area contributed by atoms with Crippen molar-refractivity contribution in [2.45, 2.75) is 20.0 Å². The molecule has 0 saturated heterocycles. The van der Waals surface area contributed by atoms with Gasteiger partial charge >= 0.3 is 0 Å². The van der Waals surface area contributed by atoms with Crippen molar-refractivity contribution in [1.29, 1.82) is 0 Å². The number of hydrogen-bond acceptors (Lipinski definition) is 4. The van der Waals surface area contributed by atoms with Crippen LogP contribution in [0.25, 0.3) is 0 Å². The van der Waals surface area contributed by atoms with Gasteiger partial charge in [0, 0.05) is 12.2 Å². The summed E-state index contributed by atoms with van der Waals surface area (Å²) in [7, 11) is 0. The number of benzene rings is 1. The van der Waals surface area contributed by atoms with Gasteiger partial charge in [0.05, 0.1) is 11.1 Å². The molecule has 1 atom stereocenters. The largest absolute Gasteiger partial charge is 0.485 e. The summed E-state index contributed by atoms with van der Waals surface area (Å²) in [6, 6.07) is 2.93. The lowest BCUT2D eigenvalue weighted by atomic mass is 10.2. The van der Waals surface area contributed by atoms with Crippen LogP contribution in [0.2, 0.25) is 0 Å². The van der Waals surface area contributed by atoms with Crippen molar-refractivity contribution in [2.24, 2.45) is 10.9 Å². The molecule has 0 bridgehead atoms. The Morgan fingerprint density at radius 3 is 2.84 bits per heavy atom. The highest BCUT2D eigenvalue weighted by Gasteiger charge is 2.16. The van der Waals surface area contributed by atoms with E-state index >= 15 is 0 Å². The molecular formula is C12H16BrFN2O3. The Kier molecular flexibility index (Phi) is 6.04. The number of nitrogens with zero attached hydrogens (tertiary/aromatic N) is 1. The van der Waals surface area contributed by atoms with E-state index in [-0.39, 0.29) is 27.7 Å². The quantitative estimate of drug-likeness (QED) is 0.362. The summed E-state index contributed by atoms with van der Waals surface area (Å²) in [5.74, 6) is -0.708. The van der Waals surface area contributed by atoms with Gasteiger partial charge in [-0.2, -0.15) is 0 Å². The number of ether oxygens (including phenoxy) is 2. The lowest BCUT2D eigenvalue weighted by Crippen LogP contribution is -2.20. The monoisotopic (exact) mass is 334 g/mol. The minimum Gasteiger partial charge on any atom is -0.485 e. The molecule has 1 unspecified atom stereocenters. The molecule has 0 heterocycles. The summed E-state index contributed by atoms with van der Waals surface area (Å²) in [6.07, 6.45) is -0.281. The Morgan fingerprint density at radius 1 is 1.58 bits per heavy atom.